The lowest BCUT2D eigenvalue weighted by Gasteiger charge is -2.19. The SMILES string of the molecule is COc1ccccc1Sc1nc(C(C)(C)C)nc(N)c1C. The molecular formula is C16H21N3OS. The second-order valence-corrected chi connectivity index (χ2v) is 6.90. The molecule has 0 amide bonds. The van der Waals surface area contributed by atoms with Gasteiger partial charge in [0.05, 0.1) is 12.0 Å². The monoisotopic (exact) mass is 303 g/mol. The molecule has 0 saturated carbocycles. The van der Waals surface area contributed by atoms with E-state index in [2.05, 4.69) is 25.8 Å². The van der Waals surface area contributed by atoms with Crippen molar-refractivity contribution in [3.63, 3.8) is 0 Å². The lowest BCUT2D eigenvalue weighted by atomic mass is 9.95. The number of rotatable bonds is 3. The number of para-hydroxylation sites is 1. The maximum atomic E-state index is 6.05. The molecule has 21 heavy (non-hydrogen) atoms. The van der Waals surface area contributed by atoms with Gasteiger partial charge in [0.1, 0.15) is 22.4 Å². The fourth-order valence-corrected chi connectivity index (χ4v) is 2.75. The van der Waals surface area contributed by atoms with Gasteiger partial charge in [0, 0.05) is 11.0 Å². The summed E-state index contributed by atoms with van der Waals surface area (Å²) in [5, 5.41) is 0.872. The lowest BCUT2D eigenvalue weighted by Crippen LogP contribution is -2.18. The predicted molar refractivity (Wildman–Crippen MR) is 87.0 cm³/mol. The van der Waals surface area contributed by atoms with Gasteiger partial charge in [0.2, 0.25) is 0 Å². The number of ether oxygens (including phenoxy) is 1. The second kappa shape index (κ2) is 5.93. The zero-order valence-corrected chi connectivity index (χ0v) is 13.9. The quantitative estimate of drug-likeness (QED) is 0.873. The Morgan fingerprint density at radius 3 is 2.43 bits per heavy atom. The van der Waals surface area contributed by atoms with Crippen molar-refractivity contribution in [2.45, 2.75) is 43.0 Å². The minimum absolute atomic E-state index is 0.141. The Kier molecular flexibility index (Phi) is 4.42. The standard InChI is InChI=1S/C16H21N3OS/c1-10-13(17)18-15(16(2,3)4)19-14(10)21-12-9-7-6-8-11(12)20-5/h6-9H,1-5H3,(H2,17,18,19). The largest absolute Gasteiger partial charge is 0.496 e. The van der Waals surface area contributed by atoms with Crippen molar-refractivity contribution in [1.82, 2.24) is 9.97 Å². The highest BCUT2D eigenvalue weighted by Gasteiger charge is 2.21. The molecule has 0 spiro atoms. The minimum Gasteiger partial charge on any atom is -0.496 e. The molecule has 4 nitrogen and oxygen atoms in total. The van der Waals surface area contributed by atoms with E-state index < -0.39 is 0 Å². The van der Waals surface area contributed by atoms with E-state index in [4.69, 9.17) is 15.5 Å². The van der Waals surface area contributed by atoms with E-state index in [0.717, 1.165) is 27.1 Å². The van der Waals surface area contributed by atoms with E-state index in [1.165, 1.54) is 0 Å². The zero-order chi connectivity index (χ0) is 15.6. The summed E-state index contributed by atoms with van der Waals surface area (Å²) in [6.07, 6.45) is 0. The van der Waals surface area contributed by atoms with Crippen LogP contribution < -0.4 is 10.5 Å². The van der Waals surface area contributed by atoms with Gasteiger partial charge in [-0.15, -0.1) is 0 Å². The minimum atomic E-state index is -0.141. The predicted octanol–water partition coefficient (Wildman–Crippen LogP) is 3.82. The molecule has 0 aliphatic rings. The molecule has 0 aliphatic carbocycles. The molecule has 1 aromatic heterocycles. The van der Waals surface area contributed by atoms with Gasteiger partial charge < -0.3 is 10.5 Å². The first kappa shape index (κ1) is 15.6. The van der Waals surface area contributed by atoms with E-state index in [1.54, 1.807) is 18.9 Å². The molecule has 1 heterocycles. The topological polar surface area (TPSA) is 61.0 Å². The van der Waals surface area contributed by atoms with Crippen molar-refractivity contribution >= 4 is 17.6 Å². The lowest BCUT2D eigenvalue weighted by molar-refractivity contribution is 0.405. The average molecular weight is 303 g/mol. The van der Waals surface area contributed by atoms with Crippen LogP contribution in [-0.4, -0.2) is 17.1 Å². The molecule has 0 radical (unpaired) electrons. The molecule has 0 bridgehead atoms. The maximum absolute atomic E-state index is 6.05. The number of methoxy groups -OCH3 is 1. The van der Waals surface area contributed by atoms with Gasteiger partial charge in [-0.1, -0.05) is 44.7 Å². The normalized spacial score (nSPS) is 11.5. The first-order chi connectivity index (χ1) is 9.82. The van der Waals surface area contributed by atoms with E-state index in [9.17, 15) is 0 Å². The summed E-state index contributed by atoms with van der Waals surface area (Å²) in [6, 6.07) is 7.88. The molecule has 0 saturated heterocycles. The number of nitrogens with two attached hydrogens (primary N) is 1. The Labute approximate surface area is 130 Å². The van der Waals surface area contributed by atoms with Gasteiger partial charge in [-0.05, 0) is 19.1 Å². The summed E-state index contributed by atoms with van der Waals surface area (Å²) in [6.45, 7) is 8.18. The van der Waals surface area contributed by atoms with Gasteiger partial charge >= 0.3 is 0 Å². The zero-order valence-electron chi connectivity index (χ0n) is 13.1. The molecule has 0 aliphatic heterocycles. The summed E-state index contributed by atoms with van der Waals surface area (Å²) in [4.78, 5) is 10.1. The van der Waals surface area contributed by atoms with Crippen LogP contribution in [-0.2, 0) is 5.41 Å². The second-order valence-electron chi connectivity index (χ2n) is 5.87. The fraction of sp³-hybridized carbons (Fsp3) is 0.375. The Balaban J connectivity index is 2.46. The van der Waals surface area contributed by atoms with Crippen LogP contribution in [0.15, 0.2) is 34.2 Å². The third kappa shape index (κ3) is 3.47. The summed E-state index contributed by atoms with van der Waals surface area (Å²) in [5.41, 5.74) is 6.81. The highest BCUT2D eigenvalue weighted by atomic mass is 32.2. The number of nitrogen functional groups attached to an aromatic ring is 1. The molecule has 0 fully saturated rings. The Hall–Kier alpha value is -1.75. The molecule has 112 valence electrons. The van der Waals surface area contributed by atoms with Crippen LogP contribution >= 0.6 is 11.8 Å². The van der Waals surface area contributed by atoms with Gasteiger partial charge in [-0.2, -0.15) is 0 Å². The summed E-state index contributed by atoms with van der Waals surface area (Å²) < 4.78 is 5.39. The van der Waals surface area contributed by atoms with Gasteiger partial charge in [0.15, 0.2) is 0 Å². The first-order valence-electron chi connectivity index (χ1n) is 6.78. The van der Waals surface area contributed by atoms with Crippen LogP contribution in [0, 0.1) is 6.92 Å². The van der Waals surface area contributed by atoms with Crippen LogP contribution in [0.5, 0.6) is 5.75 Å². The third-order valence-electron chi connectivity index (χ3n) is 3.09. The smallest absolute Gasteiger partial charge is 0.137 e. The summed E-state index contributed by atoms with van der Waals surface area (Å²) in [5.74, 6) is 2.12. The third-order valence-corrected chi connectivity index (χ3v) is 4.23. The van der Waals surface area contributed by atoms with Crippen molar-refractivity contribution in [1.29, 1.82) is 0 Å². The van der Waals surface area contributed by atoms with E-state index in [0.29, 0.717) is 5.82 Å². The molecule has 2 aromatic rings. The van der Waals surface area contributed by atoms with Gasteiger partial charge in [-0.25, -0.2) is 9.97 Å². The molecule has 5 heteroatoms. The van der Waals surface area contributed by atoms with Gasteiger partial charge in [0.25, 0.3) is 0 Å². The number of hydrogen-bond donors (Lipinski definition) is 1. The number of hydrogen-bond acceptors (Lipinski definition) is 5. The van der Waals surface area contributed by atoms with Gasteiger partial charge in [-0.3, -0.25) is 0 Å². The van der Waals surface area contributed by atoms with Crippen LogP contribution in [0.4, 0.5) is 5.82 Å². The van der Waals surface area contributed by atoms with E-state index >= 15 is 0 Å². The maximum Gasteiger partial charge on any atom is 0.137 e. The highest BCUT2D eigenvalue weighted by Crippen LogP contribution is 2.37. The van der Waals surface area contributed by atoms with E-state index in [1.807, 2.05) is 31.2 Å². The molecule has 2 N–H and O–H groups in total. The molecular weight excluding hydrogens is 282 g/mol. The number of anilines is 1. The van der Waals surface area contributed by atoms with Crippen LogP contribution in [0.3, 0.4) is 0 Å². The highest BCUT2D eigenvalue weighted by molar-refractivity contribution is 7.99. The van der Waals surface area contributed by atoms with Crippen molar-refractivity contribution in [2.75, 3.05) is 12.8 Å². The van der Waals surface area contributed by atoms with Crippen molar-refractivity contribution in [3.05, 3.63) is 35.7 Å². The molecule has 0 unspecified atom stereocenters. The number of benzene rings is 1. The van der Waals surface area contributed by atoms with Crippen LogP contribution in [0.2, 0.25) is 0 Å². The molecule has 1 aromatic carbocycles. The summed E-state index contributed by atoms with van der Waals surface area (Å²) >= 11 is 1.55. The van der Waals surface area contributed by atoms with E-state index in [-0.39, 0.29) is 5.41 Å². The molecule has 0 atom stereocenters. The Morgan fingerprint density at radius 2 is 1.81 bits per heavy atom. The summed E-state index contributed by atoms with van der Waals surface area (Å²) in [7, 11) is 1.67. The number of nitrogens with zero attached hydrogens (tertiary/aromatic N) is 2. The van der Waals surface area contributed by atoms with Crippen LogP contribution in [0.25, 0.3) is 0 Å². The Morgan fingerprint density at radius 1 is 1.14 bits per heavy atom. The first-order valence-corrected chi connectivity index (χ1v) is 7.60. The van der Waals surface area contributed by atoms with Crippen molar-refractivity contribution in [2.24, 2.45) is 0 Å². The Bertz CT molecular complexity index is 650. The van der Waals surface area contributed by atoms with Crippen LogP contribution in [0.1, 0.15) is 32.2 Å². The number of aromatic nitrogens is 2. The molecule has 2 rings (SSSR count). The van der Waals surface area contributed by atoms with Crippen molar-refractivity contribution < 1.29 is 4.74 Å². The van der Waals surface area contributed by atoms with Crippen molar-refractivity contribution in [3.8, 4) is 5.75 Å². The average Bonchev–Trinajstić information content (AvgIpc) is 2.43. The fourth-order valence-electron chi connectivity index (χ4n) is 1.75.